The van der Waals surface area contributed by atoms with Crippen molar-refractivity contribution in [1.82, 2.24) is 0 Å². The molecule has 2 aliphatic heterocycles. The molecule has 0 aliphatic carbocycles. The summed E-state index contributed by atoms with van der Waals surface area (Å²) < 4.78 is 38.9. The van der Waals surface area contributed by atoms with Crippen molar-refractivity contribution < 1.29 is 22.7 Å². The lowest BCUT2D eigenvalue weighted by Crippen LogP contribution is -2.26. The van der Waals surface area contributed by atoms with Crippen LogP contribution in [0.5, 0.6) is 11.5 Å². The first-order valence-corrected chi connectivity index (χ1v) is 9.64. The summed E-state index contributed by atoms with van der Waals surface area (Å²) in [6.07, 6.45) is 0. The summed E-state index contributed by atoms with van der Waals surface area (Å²) in [6.45, 7) is 4.42. The molecule has 2 N–H and O–H groups in total. The van der Waals surface area contributed by atoms with E-state index in [1.54, 1.807) is 38.1 Å². The molecule has 26 heavy (non-hydrogen) atoms. The second-order valence-corrected chi connectivity index (χ2v) is 8.43. The average molecular weight is 374 g/mol. The number of carbonyl (C=O) groups excluding carboxylic acids is 1. The predicted molar refractivity (Wildman–Crippen MR) is 96.3 cm³/mol. The van der Waals surface area contributed by atoms with E-state index < -0.39 is 15.4 Å². The topological polar surface area (TPSA) is 93.7 Å². The smallest absolute Gasteiger partial charge is 0.262 e. The monoisotopic (exact) mass is 374 g/mol. The summed E-state index contributed by atoms with van der Waals surface area (Å²) in [5.74, 6) is 0.822. The maximum Gasteiger partial charge on any atom is 0.262 e. The lowest BCUT2D eigenvalue weighted by molar-refractivity contribution is -0.119. The Labute approximate surface area is 151 Å². The van der Waals surface area contributed by atoms with Crippen LogP contribution in [-0.2, 0) is 20.2 Å². The number of hydrogen-bond donors (Lipinski definition) is 2. The number of nitrogens with one attached hydrogen (secondary N) is 2. The Hall–Kier alpha value is -2.74. The zero-order valence-corrected chi connectivity index (χ0v) is 15.1. The lowest BCUT2D eigenvalue weighted by atomic mass is 9.86. The zero-order valence-electron chi connectivity index (χ0n) is 14.3. The van der Waals surface area contributed by atoms with Gasteiger partial charge in [-0.15, -0.1) is 0 Å². The molecule has 2 aliphatic rings. The van der Waals surface area contributed by atoms with Crippen LogP contribution in [0.25, 0.3) is 0 Å². The van der Waals surface area contributed by atoms with Crippen molar-refractivity contribution in [2.45, 2.75) is 24.2 Å². The van der Waals surface area contributed by atoms with Crippen LogP contribution in [0.4, 0.5) is 11.4 Å². The van der Waals surface area contributed by atoms with E-state index in [1.807, 2.05) is 0 Å². The normalized spacial score (nSPS) is 17.4. The second-order valence-electron chi connectivity index (χ2n) is 6.75. The predicted octanol–water partition coefficient (Wildman–Crippen LogP) is 2.49. The Bertz CT molecular complexity index is 1010. The Kier molecular flexibility index (Phi) is 3.62. The number of rotatable bonds is 3. The van der Waals surface area contributed by atoms with E-state index in [4.69, 9.17) is 9.47 Å². The standard InChI is InChI=1S/C18H18N2O5S/c1-18(2)13-9-11(3-5-14(13)19-17(18)21)20-26(22,23)12-4-6-15-16(10-12)25-8-7-24-15/h3-6,9-10,20H,7-8H2,1-2H3,(H,19,21). The summed E-state index contributed by atoms with van der Waals surface area (Å²) >= 11 is 0. The summed E-state index contributed by atoms with van der Waals surface area (Å²) in [5.41, 5.74) is 1.13. The van der Waals surface area contributed by atoms with Crippen molar-refractivity contribution in [2.24, 2.45) is 0 Å². The van der Waals surface area contributed by atoms with E-state index in [0.29, 0.717) is 36.1 Å². The molecule has 2 aromatic carbocycles. The van der Waals surface area contributed by atoms with Crippen LogP contribution in [0, 0.1) is 0 Å². The summed E-state index contributed by atoms with van der Waals surface area (Å²) in [4.78, 5) is 12.1. The second kappa shape index (κ2) is 5.63. The number of carbonyl (C=O) groups is 1. The molecule has 7 nitrogen and oxygen atoms in total. The molecule has 0 spiro atoms. The third-order valence-electron chi connectivity index (χ3n) is 4.58. The van der Waals surface area contributed by atoms with Crippen molar-refractivity contribution in [1.29, 1.82) is 0 Å². The van der Waals surface area contributed by atoms with Gasteiger partial charge in [-0.3, -0.25) is 9.52 Å². The molecule has 0 atom stereocenters. The SMILES string of the molecule is CC1(C)C(=O)Nc2ccc(NS(=O)(=O)c3ccc4c(c3)OCCO4)cc21. The van der Waals surface area contributed by atoms with E-state index in [1.165, 1.54) is 12.1 Å². The van der Waals surface area contributed by atoms with Crippen molar-refractivity contribution in [3.05, 3.63) is 42.0 Å². The number of benzene rings is 2. The van der Waals surface area contributed by atoms with Crippen LogP contribution in [0.15, 0.2) is 41.3 Å². The Morgan fingerprint density at radius 2 is 1.77 bits per heavy atom. The van der Waals surface area contributed by atoms with Crippen LogP contribution < -0.4 is 19.5 Å². The third kappa shape index (κ3) is 2.66. The van der Waals surface area contributed by atoms with Crippen molar-refractivity contribution in [3.8, 4) is 11.5 Å². The number of fused-ring (bicyclic) bond motifs is 2. The van der Waals surface area contributed by atoms with E-state index in [2.05, 4.69) is 10.0 Å². The minimum atomic E-state index is -3.81. The first-order chi connectivity index (χ1) is 12.3. The summed E-state index contributed by atoms with van der Waals surface area (Å²) in [5, 5.41) is 2.80. The fourth-order valence-electron chi connectivity index (χ4n) is 3.04. The van der Waals surface area contributed by atoms with Gasteiger partial charge in [-0.2, -0.15) is 0 Å². The van der Waals surface area contributed by atoms with Gasteiger partial charge in [-0.25, -0.2) is 8.42 Å². The number of sulfonamides is 1. The Balaban J connectivity index is 1.65. The van der Waals surface area contributed by atoms with Crippen LogP contribution in [0.2, 0.25) is 0 Å². The van der Waals surface area contributed by atoms with Gasteiger partial charge in [-0.1, -0.05) is 0 Å². The van der Waals surface area contributed by atoms with Gasteiger partial charge in [-0.05, 0) is 49.7 Å². The van der Waals surface area contributed by atoms with Gasteiger partial charge in [0.25, 0.3) is 10.0 Å². The molecule has 0 bridgehead atoms. The van der Waals surface area contributed by atoms with Crippen molar-refractivity contribution >= 4 is 27.3 Å². The molecule has 4 rings (SSSR count). The largest absolute Gasteiger partial charge is 0.486 e. The molecule has 136 valence electrons. The number of anilines is 2. The summed E-state index contributed by atoms with van der Waals surface area (Å²) in [7, 11) is -3.81. The maximum absolute atomic E-state index is 12.7. The number of ether oxygens (including phenoxy) is 2. The minimum absolute atomic E-state index is 0.0794. The molecule has 0 saturated carbocycles. The molecule has 0 fully saturated rings. The first-order valence-electron chi connectivity index (χ1n) is 8.16. The molecule has 2 heterocycles. The molecular formula is C18H18N2O5S. The number of amides is 1. The van der Waals surface area contributed by atoms with E-state index in [9.17, 15) is 13.2 Å². The van der Waals surface area contributed by atoms with Gasteiger partial charge >= 0.3 is 0 Å². The Morgan fingerprint density at radius 3 is 2.54 bits per heavy atom. The Morgan fingerprint density at radius 1 is 1.04 bits per heavy atom. The zero-order chi connectivity index (χ0) is 18.5. The van der Waals surface area contributed by atoms with Crippen LogP contribution in [0.3, 0.4) is 0 Å². The highest BCUT2D eigenvalue weighted by Crippen LogP contribution is 2.39. The molecule has 0 radical (unpaired) electrons. The minimum Gasteiger partial charge on any atom is -0.486 e. The molecule has 2 aromatic rings. The molecule has 0 aromatic heterocycles. The van der Waals surface area contributed by atoms with Crippen LogP contribution in [-0.4, -0.2) is 27.5 Å². The van der Waals surface area contributed by atoms with Crippen LogP contribution >= 0.6 is 0 Å². The quantitative estimate of drug-likeness (QED) is 0.861. The summed E-state index contributed by atoms with van der Waals surface area (Å²) in [6, 6.07) is 9.50. The first kappa shape index (κ1) is 16.7. The fourth-order valence-corrected chi connectivity index (χ4v) is 4.10. The van der Waals surface area contributed by atoms with Gasteiger partial charge in [0, 0.05) is 17.4 Å². The highest BCUT2D eigenvalue weighted by atomic mass is 32.2. The molecule has 0 unspecified atom stereocenters. The van der Waals surface area contributed by atoms with E-state index >= 15 is 0 Å². The van der Waals surface area contributed by atoms with Gasteiger partial charge < -0.3 is 14.8 Å². The third-order valence-corrected chi connectivity index (χ3v) is 5.96. The maximum atomic E-state index is 12.7. The van der Waals surface area contributed by atoms with Crippen molar-refractivity contribution in [3.63, 3.8) is 0 Å². The molecule has 8 heteroatoms. The molecular weight excluding hydrogens is 356 g/mol. The van der Waals surface area contributed by atoms with Crippen molar-refractivity contribution in [2.75, 3.05) is 23.3 Å². The lowest BCUT2D eigenvalue weighted by Gasteiger charge is -2.19. The molecule has 0 saturated heterocycles. The fraction of sp³-hybridized carbons (Fsp3) is 0.278. The highest BCUT2D eigenvalue weighted by Gasteiger charge is 2.38. The highest BCUT2D eigenvalue weighted by molar-refractivity contribution is 7.92. The van der Waals surface area contributed by atoms with Gasteiger partial charge in [0.1, 0.15) is 13.2 Å². The van der Waals surface area contributed by atoms with Gasteiger partial charge in [0.15, 0.2) is 11.5 Å². The molecule has 1 amide bonds. The van der Waals surface area contributed by atoms with Gasteiger partial charge in [0.2, 0.25) is 5.91 Å². The number of hydrogen-bond acceptors (Lipinski definition) is 5. The van der Waals surface area contributed by atoms with Gasteiger partial charge in [0.05, 0.1) is 10.3 Å². The van der Waals surface area contributed by atoms with Crippen LogP contribution in [0.1, 0.15) is 19.4 Å². The van der Waals surface area contributed by atoms with E-state index in [-0.39, 0.29) is 10.8 Å². The van der Waals surface area contributed by atoms with E-state index in [0.717, 1.165) is 5.56 Å². The average Bonchev–Trinajstić information content (AvgIpc) is 2.83.